The van der Waals surface area contributed by atoms with Gasteiger partial charge in [0.05, 0.1) is 35.2 Å². The summed E-state index contributed by atoms with van der Waals surface area (Å²) in [5, 5.41) is 15.3. The second kappa shape index (κ2) is 10.1. The number of nitrogens with one attached hydrogen (secondary N) is 2. The summed E-state index contributed by atoms with van der Waals surface area (Å²) in [5.74, 6) is -0.473. The van der Waals surface area contributed by atoms with Crippen LogP contribution in [0.15, 0.2) is 70.7 Å². The molecule has 0 aliphatic rings. The predicted octanol–water partition coefficient (Wildman–Crippen LogP) is 4.25. The number of sulfonamides is 1. The van der Waals surface area contributed by atoms with E-state index in [1.54, 1.807) is 43.3 Å². The quantitative estimate of drug-likeness (QED) is 0.212. The average molecular weight is 483 g/mol. The van der Waals surface area contributed by atoms with Gasteiger partial charge in [0, 0.05) is 12.1 Å². The van der Waals surface area contributed by atoms with Gasteiger partial charge < -0.3 is 4.74 Å². The number of rotatable bonds is 8. The van der Waals surface area contributed by atoms with Crippen LogP contribution in [0.2, 0.25) is 0 Å². The van der Waals surface area contributed by atoms with Crippen LogP contribution < -0.4 is 10.1 Å². The van der Waals surface area contributed by atoms with E-state index in [-0.39, 0.29) is 16.3 Å². The molecule has 0 fully saturated rings. The maximum absolute atomic E-state index is 13.1. The van der Waals surface area contributed by atoms with Crippen LogP contribution in [-0.2, 0) is 14.8 Å². The second-order valence-electron chi connectivity index (χ2n) is 7.35. The zero-order valence-corrected chi connectivity index (χ0v) is 19.4. The molecule has 0 saturated carbocycles. The van der Waals surface area contributed by atoms with Gasteiger partial charge in [0.1, 0.15) is 4.90 Å². The van der Waals surface area contributed by atoms with Crippen LogP contribution in [0, 0.1) is 24.0 Å². The molecule has 34 heavy (non-hydrogen) atoms. The monoisotopic (exact) mass is 482 g/mol. The number of hydrazone groups is 1. The standard InChI is InChI=1S/C23H22N4O6S/c1-15-4-10-20(16(2)12-15)26-34(31,32)22-13-19(27(29)30)9-11-21(22)25-24-14-17-5-7-18(8-6-17)23(28)33-3/h4-14,25-26H,1-3H3. The number of carbonyl (C=O) groups excluding carboxylic acids is 1. The predicted molar refractivity (Wildman–Crippen MR) is 129 cm³/mol. The number of nitro benzene ring substituents is 1. The molecule has 0 amide bonds. The first-order chi connectivity index (χ1) is 16.1. The first-order valence-corrected chi connectivity index (χ1v) is 11.4. The largest absolute Gasteiger partial charge is 0.465 e. The first kappa shape index (κ1) is 24.4. The Morgan fingerprint density at radius 3 is 2.32 bits per heavy atom. The van der Waals surface area contributed by atoms with E-state index in [4.69, 9.17) is 0 Å². The van der Waals surface area contributed by atoms with Gasteiger partial charge in [-0.25, -0.2) is 13.2 Å². The van der Waals surface area contributed by atoms with E-state index in [2.05, 4.69) is 20.0 Å². The van der Waals surface area contributed by atoms with Crippen LogP contribution in [0.25, 0.3) is 0 Å². The van der Waals surface area contributed by atoms with Crippen LogP contribution in [-0.4, -0.2) is 32.6 Å². The summed E-state index contributed by atoms with van der Waals surface area (Å²) in [7, 11) is -2.91. The molecule has 3 aromatic carbocycles. The summed E-state index contributed by atoms with van der Waals surface area (Å²) < 4.78 is 33.4. The molecule has 0 spiro atoms. The lowest BCUT2D eigenvalue weighted by atomic mass is 10.1. The fourth-order valence-corrected chi connectivity index (χ4v) is 4.37. The van der Waals surface area contributed by atoms with Crippen molar-refractivity contribution in [1.29, 1.82) is 0 Å². The highest BCUT2D eigenvalue weighted by Crippen LogP contribution is 2.29. The molecule has 0 unspecified atom stereocenters. The van der Waals surface area contributed by atoms with Gasteiger partial charge >= 0.3 is 5.97 Å². The molecule has 0 radical (unpaired) electrons. The third-order valence-corrected chi connectivity index (χ3v) is 6.23. The summed E-state index contributed by atoms with van der Waals surface area (Å²) in [6.07, 6.45) is 1.41. The lowest BCUT2D eigenvalue weighted by Crippen LogP contribution is -2.16. The first-order valence-electron chi connectivity index (χ1n) is 9.96. The SMILES string of the molecule is COC(=O)c1ccc(C=NNc2ccc([N+](=O)[O-])cc2S(=O)(=O)Nc2ccc(C)cc2C)cc1. The fourth-order valence-electron chi connectivity index (χ4n) is 3.07. The summed E-state index contributed by atoms with van der Waals surface area (Å²) in [6.45, 7) is 3.64. The van der Waals surface area contributed by atoms with Gasteiger partial charge in [0.2, 0.25) is 0 Å². The van der Waals surface area contributed by atoms with Gasteiger partial charge in [-0.3, -0.25) is 20.3 Å². The number of hydrogen-bond acceptors (Lipinski definition) is 8. The van der Waals surface area contributed by atoms with Crippen molar-refractivity contribution in [1.82, 2.24) is 0 Å². The molecule has 3 rings (SSSR count). The highest BCUT2D eigenvalue weighted by atomic mass is 32.2. The number of methoxy groups -OCH3 is 1. The zero-order chi connectivity index (χ0) is 24.9. The topological polar surface area (TPSA) is 140 Å². The lowest BCUT2D eigenvalue weighted by molar-refractivity contribution is -0.385. The number of non-ortho nitro benzene ring substituents is 1. The minimum Gasteiger partial charge on any atom is -0.465 e. The normalized spacial score (nSPS) is 11.3. The molecule has 0 heterocycles. The molecule has 176 valence electrons. The smallest absolute Gasteiger partial charge is 0.337 e. The van der Waals surface area contributed by atoms with Gasteiger partial charge in [-0.1, -0.05) is 29.8 Å². The van der Waals surface area contributed by atoms with Crippen molar-refractivity contribution < 1.29 is 22.9 Å². The van der Waals surface area contributed by atoms with Crippen molar-refractivity contribution in [2.75, 3.05) is 17.3 Å². The third-order valence-electron chi connectivity index (χ3n) is 4.82. The fraction of sp³-hybridized carbons (Fsp3) is 0.130. The minimum absolute atomic E-state index is 0.0466. The van der Waals surface area contributed by atoms with Crippen LogP contribution >= 0.6 is 0 Å². The Labute approximate surface area is 196 Å². The maximum Gasteiger partial charge on any atom is 0.337 e. The number of esters is 1. The van der Waals surface area contributed by atoms with Crippen molar-refractivity contribution in [3.05, 3.63) is 93.0 Å². The van der Waals surface area contributed by atoms with E-state index < -0.39 is 20.9 Å². The maximum atomic E-state index is 13.1. The highest BCUT2D eigenvalue weighted by Gasteiger charge is 2.23. The molecule has 2 N–H and O–H groups in total. The Hall–Kier alpha value is -4.25. The van der Waals surface area contributed by atoms with Crippen molar-refractivity contribution in [3.63, 3.8) is 0 Å². The Morgan fingerprint density at radius 1 is 1.03 bits per heavy atom. The minimum atomic E-state index is -4.19. The number of aryl methyl sites for hydroxylation is 2. The van der Waals surface area contributed by atoms with Gasteiger partial charge in [0.15, 0.2) is 0 Å². The van der Waals surface area contributed by atoms with Crippen LogP contribution in [0.5, 0.6) is 0 Å². The highest BCUT2D eigenvalue weighted by molar-refractivity contribution is 7.92. The number of ether oxygens (including phenoxy) is 1. The van der Waals surface area contributed by atoms with Crippen molar-refractivity contribution in [2.24, 2.45) is 5.10 Å². The molecule has 0 bridgehead atoms. The van der Waals surface area contributed by atoms with E-state index in [0.29, 0.717) is 22.4 Å². The van der Waals surface area contributed by atoms with Gasteiger partial charge in [-0.2, -0.15) is 5.10 Å². The van der Waals surface area contributed by atoms with Crippen molar-refractivity contribution >= 4 is 39.3 Å². The van der Waals surface area contributed by atoms with Gasteiger partial charge in [-0.15, -0.1) is 0 Å². The molecule has 10 nitrogen and oxygen atoms in total. The number of carbonyl (C=O) groups is 1. The van der Waals surface area contributed by atoms with Crippen molar-refractivity contribution in [2.45, 2.75) is 18.7 Å². The van der Waals surface area contributed by atoms with Gasteiger partial charge in [-0.05, 0) is 49.2 Å². The van der Waals surface area contributed by atoms with Crippen molar-refractivity contribution in [3.8, 4) is 0 Å². The number of anilines is 2. The molecular formula is C23H22N4O6S. The van der Waals surface area contributed by atoms with E-state index in [1.165, 1.54) is 25.5 Å². The molecule has 11 heteroatoms. The lowest BCUT2D eigenvalue weighted by Gasteiger charge is -2.14. The molecule has 0 aliphatic heterocycles. The number of nitro groups is 1. The van der Waals surface area contributed by atoms with Crippen LogP contribution in [0.4, 0.5) is 17.1 Å². The van der Waals surface area contributed by atoms with E-state index in [9.17, 15) is 23.3 Å². The Morgan fingerprint density at radius 2 is 1.71 bits per heavy atom. The molecule has 0 atom stereocenters. The number of hydrogen-bond donors (Lipinski definition) is 2. The molecule has 0 aromatic heterocycles. The molecular weight excluding hydrogens is 460 g/mol. The van der Waals surface area contributed by atoms with Crippen LogP contribution in [0.3, 0.4) is 0 Å². The Kier molecular flexibility index (Phi) is 7.27. The summed E-state index contributed by atoms with van der Waals surface area (Å²) >= 11 is 0. The number of benzene rings is 3. The van der Waals surface area contributed by atoms with Crippen LogP contribution in [0.1, 0.15) is 27.0 Å². The number of nitrogens with zero attached hydrogens (tertiary/aromatic N) is 2. The molecule has 0 saturated heterocycles. The van der Waals surface area contributed by atoms with Gasteiger partial charge in [0.25, 0.3) is 15.7 Å². The molecule has 3 aromatic rings. The Bertz CT molecular complexity index is 1370. The third kappa shape index (κ3) is 5.75. The Balaban J connectivity index is 1.90. The van der Waals surface area contributed by atoms with E-state index in [0.717, 1.165) is 11.6 Å². The second-order valence-corrected chi connectivity index (χ2v) is 9.00. The summed E-state index contributed by atoms with van der Waals surface area (Å²) in [4.78, 5) is 21.8. The summed E-state index contributed by atoms with van der Waals surface area (Å²) in [6, 6.07) is 15.0. The van der Waals surface area contributed by atoms with E-state index >= 15 is 0 Å². The average Bonchev–Trinajstić information content (AvgIpc) is 2.80. The summed E-state index contributed by atoms with van der Waals surface area (Å²) in [5.41, 5.74) is 5.32. The molecule has 0 aliphatic carbocycles. The van der Waals surface area contributed by atoms with E-state index in [1.807, 2.05) is 13.0 Å². The zero-order valence-electron chi connectivity index (χ0n) is 18.6.